The molecule has 0 aliphatic rings. The Kier molecular flexibility index (Phi) is 4.91. The third-order valence-electron chi connectivity index (χ3n) is 2.12. The van der Waals surface area contributed by atoms with Gasteiger partial charge in [0.1, 0.15) is 0 Å². The maximum atomic E-state index is 11.0. The zero-order valence-electron chi connectivity index (χ0n) is 10.0. The molecule has 6 heteroatoms. The van der Waals surface area contributed by atoms with Gasteiger partial charge in [-0.25, -0.2) is 0 Å². The molecule has 1 rings (SSSR count). The van der Waals surface area contributed by atoms with E-state index in [0.717, 1.165) is 5.69 Å². The lowest BCUT2D eigenvalue weighted by molar-refractivity contribution is -0.120. The molecule has 90 valence electrons. The van der Waals surface area contributed by atoms with E-state index in [0.29, 0.717) is 25.6 Å². The van der Waals surface area contributed by atoms with E-state index in [1.54, 1.807) is 11.7 Å². The molecule has 1 heterocycles. The number of amides is 1. The molecule has 0 saturated carbocycles. The predicted octanol–water partition coefficient (Wildman–Crippen LogP) is -0.0878. The van der Waals surface area contributed by atoms with Gasteiger partial charge in [0.2, 0.25) is 5.91 Å². The summed E-state index contributed by atoms with van der Waals surface area (Å²) in [7, 11) is 1.63. The van der Waals surface area contributed by atoms with Gasteiger partial charge in [0, 0.05) is 32.3 Å². The molecule has 0 spiro atoms. The maximum absolute atomic E-state index is 11.0. The van der Waals surface area contributed by atoms with Crippen LogP contribution in [-0.4, -0.2) is 34.0 Å². The summed E-state index contributed by atoms with van der Waals surface area (Å²) in [5, 5.41) is 13.8. The fourth-order valence-electron chi connectivity index (χ4n) is 1.18. The summed E-state index contributed by atoms with van der Waals surface area (Å²) in [4.78, 5) is 11.0. The first-order valence-corrected chi connectivity index (χ1v) is 5.44. The number of nitrogens with zero attached hydrogens (tertiary/aromatic N) is 3. The van der Waals surface area contributed by atoms with Crippen LogP contribution in [-0.2, 0) is 17.9 Å². The van der Waals surface area contributed by atoms with E-state index >= 15 is 0 Å². The number of aryl methyl sites for hydroxylation is 1. The predicted molar refractivity (Wildman–Crippen MR) is 60.7 cm³/mol. The van der Waals surface area contributed by atoms with Crippen LogP contribution >= 0.6 is 0 Å². The first-order chi connectivity index (χ1) is 7.61. The highest BCUT2D eigenvalue weighted by atomic mass is 16.1. The normalized spacial score (nSPS) is 10.8. The molecule has 2 N–H and O–H groups in total. The van der Waals surface area contributed by atoms with Crippen LogP contribution in [0.2, 0.25) is 0 Å². The van der Waals surface area contributed by atoms with Gasteiger partial charge >= 0.3 is 0 Å². The van der Waals surface area contributed by atoms with Crippen molar-refractivity contribution in [2.45, 2.75) is 39.4 Å². The Morgan fingerprint density at radius 2 is 2.31 bits per heavy atom. The highest BCUT2D eigenvalue weighted by Gasteiger charge is 2.03. The van der Waals surface area contributed by atoms with Crippen molar-refractivity contribution >= 4 is 5.91 Å². The van der Waals surface area contributed by atoms with Gasteiger partial charge in [-0.1, -0.05) is 19.1 Å². The van der Waals surface area contributed by atoms with Crippen molar-refractivity contribution in [3.8, 4) is 0 Å². The van der Waals surface area contributed by atoms with Gasteiger partial charge in [-0.05, 0) is 0 Å². The lowest BCUT2D eigenvalue weighted by Gasteiger charge is -2.04. The Morgan fingerprint density at radius 3 is 2.94 bits per heavy atom. The molecule has 0 fully saturated rings. The molecule has 0 aliphatic carbocycles. The zero-order chi connectivity index (χ0) is 12.0. The van der Waals surface area contributed by atoms with Crippen molar-refractivity contribution in [1.82, 2.24) is 25.6 Å². The summed E-state index contributed by atoms with van der Waals surface area (Å²) < 4.78 is 1.69. The number of aromatic nitrogens is 3. The standard InChI is InChI=1S/C10H19N5O/c1-8(2)12-6-9-7-15(14-13-9)5-4-10(16)11-3/h7-8,12H,4-6H2,1-3H3,(H,11,16). The third kappa shape index (κ3) is 4.39. The quantitative estimate of drug-likeness (QED) is 0.710. The highest BCUT2D eigenvalue weighted by molar-refractivity contribution is 5.75. The summed E-state index contributed by atoms with van der Waals surface area (Å²) in [6, 6.07) is 0.427. The lowest BCUT2D eigenvalue weighted by atomic mass is 10.3. The molecule has 0 unspecified atom stereocenters. The Balaban J connectivity index is 2.36. The van der Waals surface area contributed by atoms with E-state index in [1.165, 1.54) is 0 Å². The van der Waals surface area contributed by atoms with E-state index in [4.69, 9.17) is 0 Å². The molecule has 0 aliphatic heterocycles. The highest BCUT2D eigenvalue weighted by Crippen LogP contribution is 1.95. The first kappa shape index (κ1) is 12.6. The number of carbonyl (C=O) groups excluding carboxylic acids is 1. The molecule has 0 aromatic carbocycles. The summed E-state index contributed by atoms with van der Waals surface area (Å²) in [5.74, 6) is 0.0114. The van der Waals surface area contributed by atoms with Gasteiger partial charge in [0.15, 0.2) is 0 Å². The summed E-state index contributed by atoms with van der Waals surface area (Å²) in [6.07, 6.45) is 2.29. The molecule has 6 nitrogen and oxygen atoms in total. The average Bonchev–Trinajstić information content (AvgIpc) is 2.71. The minimum atomic E-state index is 0.0114. The minimum Gasteiger partial charge on any atom is -0.359 e. The van der Waals surface area contributed by atoms with Gasteiger partial charge in [-0.3, -0.25) is 9.48 Å². The summed E-state index contributed by atoms with van der Waals surface area (Å²) in [5.41, 5.74) is 0.894. The van der Waals surface area contributed by atoms with Crippen molar-refractivity contribution < 1.29 is 4.79 Å². The fourth-order valence-corrected chi connectivity index (χ4v) is 1.18. The van der Waals surface area contributed by atoms with Crippen molar-refractivity contribution in [1.29, 1.82) is 0 Å². The smallest absolute Gasteiger partial charge is 0.221 e. The number of hydrogen-bond acceptors (Lipinski definition) is 4. The van der Waals surface area contributed by atoms with Gasteiger partial charge in [0.25, 0.3) is 0 Å². The van der Waals surface area contributed by atoms with Crippen LogP contribution in [0.15, 0.2) is 6.20 Å². The van der Waals surface area contributed by atoms with Crippen molar-refractivity contribution in [3.05, 3.63) is 11.9 Å². The number of carbonyl (C=O) groups is 1. The van der Waals surface area contributed by atoms with E-state index in [1.807, 2.05) is 6.20 Å². The van der Waals surface area contributed by atoms with Crippen LogP contribution < -0.4 is 10.6 Å². The Hall–Kier alpha value is -1.43. The molecule has 0 atom stereocenters. The largest absolute Gasteiger partial charge is 0.359 e. The van der Waals surface area contributed by atoms with Crippen LogP contribution in [0.25, 0.3) is 0 Å². The second kappa shape index (κ2) is 6.22. The van der Waals surface area contributed by atoms with E-state index in [9.17, 15) is 4.79 Å². The molecule has 0 bridgehead atoms. The third-order valence-corrected chi connectivity index (χ3v) is 2.12. The summed E-state index contributed by atoms with van der Waals surface area (Å²) >= 11 is 0. The van der Waals surface area contributed by atoms with E-state index in [2.05, 4.69) is 34.8 Å². The fraction of sp³-hybridized carbons (Fsp3) is 0.700. The van der Waals surface area contributed by atoms with Crippen LogP contribution in [0.5, 0.6) is 0 Å². The first-order valence-electron chi connectivity index (χ1n) is 5.44. The van der Waals surface area contributed by atoms with Crippen molar-refractivity contribution in [3.63, 3.8) is 0 Å². The molecule has 0 saturated heterocycles. The maximum Gasteiger partial charge on any atom is 0.221 e. The monoisotopic (exact) mass is 225 g/mol. The molecular weight excluding hydrogens is 206 g/mol. The van der Waals surface area contributed by atoms with Gasteiger partial charge < -0.3 is 10.6 Å². The van der Waals surface area contributed by atoms with Crippen LogP contribution in [0.1, 0.15) is 26.0 Å². The molecule has 1 aromatic rings. The van der Waals surface area contributed by atoms with E-state index < -0.39 is 0 Å². The van der Waals surface area contributed by atoms with Crippen LogP contribution in [0.4, 0.5) is 0 Å². The van der Waals surface area contributed by atoms with Gasteiger partial charge in [-0.2, -0.15) is 0 Å². The van der Waals surface area contributed by atoms with Crippen molar-refractivity contribution in [2.75, 3.05) is 7.05 Å². The molecule has 0 radical (unpaired) electrons. The molecular formula is C10H19N5O. The Bertz CT molecular complexity index is 334. The van der Waals surface area contributed by atoms with Gasteiger partial charge in [-0.15, -0.1) is 5.10 Å². The summed E-state index contributed by atoms with van der Waals surface area (Å²) in [6.45, 7) is 5.43. The van der Waals surface area contributed by atoms with Crippen molar-refractivity contribution in [2.24, 2.45) is 0 Å². The number of rotatable bonds is 6. The van der Waals surface area contributed by atoms with Crippen LogP contribution in [0, 0.1) is 0 Å². The van der Waals surface area contributed by atoms with Gasteiger partial charge in [0.05, 0.1) is 12.2 Å². The zero-order valence-corrected chi connectivity index (χ0v) is 10.0. The second-order valence-electron chi connectivity index (χ2n) is 3.93. The number of nitrogens with one attached hydrogen (secondary N) is 2. The topological polar surface area (TPSA) is 71.8 Å². The number of hydrogen-bond donors (Lipinski definition) is 2. The minimum absolute atomic E-state index is 0.0114. The average molecular weight is 225 g/mol. The molecule has 1 aromatic heterocycles. The SMILES string of the molecule is CNC(=O)CCn1cc(CNC(C)C)nn1. The molecule has 16 heavy (non-hydrogen) atoms. The Labute approximate surface area is 95.4 Å². The second-order valence-corrected chi connectivity index (χ2v) is 3.93. The Morgan fingerprint density at radius 1 is 1.56 bits per heavy atom. The van der Waals surface area contributed by atoms with Crippen LogP contribution in [0.3, 0.4) is 0 Å². The molecule has 1 amide bonds. The van der Waals surface area contributed by atoms with E-state index in [-0.39, 0.29) is 5.91 Å². The lowest BCUT2D eigenvalue weighted by Crippen LogP contribution is -2.22.